The van der Waals surface area contributed by atoms with Gasteiger partial charge >= 0.3 is 0 Å². The SMILES string of the molecule is Cc1cc(Br)ccc1NC(=O)CNC(=O)CN(C)S(=O)(=O)c1ccccc1. The van der Waals surface area contributed by atoms with E-state index in [-0.39, 0.29) is 18.0 Å². The standard InChI is InChI=1S/C18H20BrN3O4S/c1-13-10-14(19)8-9-16(13)21-17(23)11-20-18(24)12-22(2)27(25,26)15-6-4-3-5-7-15/h3-10H,11-12H2,1-2H3,(H,20,24)(H,21,23). The highest BCUT2D eigenvalue weighted by atomic mass is 79.9. The lowest BCUT2D eigenvalue weighted by Gasteiger charge is -2.17. The first kappa shape index (κ1) is 21.1. The molecule has 2 aromatic carbocycles. The Labute approximate surface area is 166 Å². The topological polar surface area (TPSA) is 95.6 Å². The second-order valence-corrected chi connectivity index (χ2v) is 8.82. The Hall–Kier alpha value is -2.23. The molecule has 0 fully saturated rings. The summed E-state index contributed by atoms with van der Waals surface area (Å²) in [6, 6.07) is 13.2. The van der Waals surface area contributed by atoms with Crippen LogP contribution in [0.5, 0.6) is 0 Å². The van der Waals surface area contributed by atoms with Crippen molar-refractivity contribution in [2.45, 2.75) is 11.8 Å². The molecular formula is C18H20BrN3O4S. The van der Waals surface area contributed by atoms with Crippen molar-refractivity contribution >= 4 is 43.5 Å². The van der Waals surface area contributed by atoms with E-state index in [1.807, 2.05) is 13.0 Å². The van der Waals surface area contributed by atoms with E-state index in [1.54, 1.807) is 30.3 Å². The molecule has 2 rings (SSSR count). The molecule has 2 aromatic rings. The van der Waals surface area contributed by atoms with E-state index in [9.17, 15) is 18.0 Å². The third-order valence-electron chi connectivity index (χ3n) is 3.73. The fourth-order valence-corrected chi connectivity index (χ4v) is 3.88. The van der Waals surface area contributed by atoms with Crippen LogP contribution in [0.25, 0.3) is 0 Å². The molecule has 144 valence electrons. The Morgan fingerprint density at radius 2 is 1.74 bits per heavy atom. The molecule has 2 N–H and O–H groups in total. The predicted molar refractivity (Wildman–Crippen MR) is 107 cm³/mol. The number of halogens is 1. The molecule has 0 aromatic heterocycles. The van der Waals surface area contributed by atoms with E-state index in [2.05, 4.69) is 26.6 Å². The van der Waals surface area contributed by atoms with Crippen molar-refractivity contribution in [3.05, 3.63) is 58.6 Å². The predicted octanol–water partition coefficient (Wildman–Crippen LogP) is 2.13. The van der Waals surface area contributed by atoms with Crippen LogP contribution in [0.1, 0.15) is 5.56 Å². The highest BCUT2D eigenvalue weighted by Gasteiger charge is 2.22. The minimum absolute atomic E-state index is 0.101. The number of hydrogen-bond acceptors (Lipinski definition) is 4. The molecule has 2 amide bonds. The second kappa shape index (κ2) is 9.12. The number of nitrogens with zero attached hydrogens (tertiary/aromatic N) is 1. The molecule has 0 saturated heterocycles. The summed E-state index contributed by atoms with van der Waals surface area (Å²) in [6.07, 6.45) is 0. The first-order valence-corrected chi connectivity index (χ1v) is 10.3. The van der Waals surface area contributed by atoms with Crippen LogP contribution in [0.4, 0.5) is 5.69 Å². The van der Waals surface area contributed by atoms with Crippen LogP contribution < -0.4 is 10.6 Å². The van der Waals surface area contributed by atoms with Gasteiger partial charge < -0.3 is 10.6 Å². The van der Waals surface area contributed by atoms with Crippen LogP contribution in [0.3, 0.4) is 0 Å². The van der Waals surface area contributed by atoms with E-state index in [4.69, 9.17) is 0 Å². The third kappa shape index (κ3) is 5.88. The van der Waals surface area contributed by atoms with Gasteiger partial charge in [0, 0.05) is 17.2 Å². The lowest BCUT2D eigenvalue weighted by molar-refractivity contribution is -0.124. The van der Waals surface area contributed by atoms with E-state index in [0.29, 0.717) is 5.69 Å². The fourth-order valence-electron chi connectivity index (χ4n) is 2.26. The number of rotatable bonds is 7. The Morgan fingerprint density at radius 3 is 2.37 bits per heavy atom. The van der Waals surface area contributed by atoms with E-state index in [0.717, 1.165) is 14.3 Å². The number of carbonyl (C=O) groups excluding carboxylic acids is 2. The van der Waals surface area contributed by atoms with Crippen molar-refractivity contribution in [2.24, 2.45) is 0 Å². The maximum atomic E-state index is 12.4. The number of amides is 2. The van der Waals surface area contributed by atoms with Gasteiger partial charge in [-0.15, -0.1) is 0 Å². The van der Waals surface area contributed by atoms with Gasteiger partial charge in [0.1, 0.15) is 0 Å². The number of nitrogens with one attached hydrogen (secondary N) is 2. The Bertz CT molecular complexity index is 933. The Morgan fingerprint density at radius 1 is 1.07 bits per heavy atom. The molecular weight excluding hydrogens is 434 g/mol. The number of sulfonamides is 1. The molecule has 0 aliphatic carbocycles. The first-order valence-electron chi connectivity index (χ1n) is 8.04. The number of likely N-dealkylation sites (N-methyl/N-ethyl adjacent to an activating group) is 1. The smallest absolute Gasteiger partial charge is 0.243 e. The van der Waals surface area contributed by atoms with Gasteiger partial charge in [-0.25, -0.2) is 8.42 Å². The van der Waals surface area contributed by atoms with Crippen LogP contribution in [-0.4, -0.2) is 44.7 Å². The highest BCUT2D eigenvalue weighted by Crippen LogP contribution is 2.19. The van der Waals surface area contributed by atoms with Crippen molar-refractivity contribution < 1.29 is 18.0 Å². The highest BCUT2D eigenvalue weighted by molar-refractivity contribution is 9.10. The number of aryl methyl sites for hydroxylation is 1. The third-order valence-corrected chi connectivity index (χ3v) is 6.04. The van der Waals surface area contributed by atoms with E-state index < -0.39 is 21.8 Å². The van der Waals surface area contributed by atoms with Gasteiger partial charge in [0.05, 0.1) is 18.0 Å². The van der Waals surface area contributed by atoms with Crippen molar-refractivity contribution in [1.29, 1.82) is 0 Å². The van der Waals surface area contributed by atoms with E-state index in [1.165, 1.54) is 19.2 Å². The quantitative estimate of drug-likeness (QED) is 0.670. The van der Waals surface area contributed by atoms with Crippen molar-refractivity contribution in [2.75, 3.05) is 25.5 Å². The molecule has 0 aliphatic heterocycles. The molecule has 0 radical (unpaired) electrons. The molecule has 0 heterocycles. The Kier molecular flexibility index (Phi) is 7.11. The largest absolute Gasteiger partial charge is 0.346 e. The molecule has 0 aliphatic rings. The molecule has 0 atom stereocenters. The van der Waals surface area contributed by atoms with Crippen LogP contribution in [0, 0.1) is 6.92 Å². The monoisotopic (exact) mass is 453 g/mol. The molecule has 9 heteroatoms. The van der Waals surface area contributed by atoms with Crippen LogP contribution in [0.15, 0.2) is 57.9 Å². The average Bonchev–Trinajstić information content (AvgIpc) is 2.63. The normalized spacial score (nSPS) is 11.3. The van der Waals surface area contributed by atoms with Gasteiger partial charge in [0.2, 0.25) is 21.8 Å². The summed E-state index contributed by atoms with van der Waals surface area (Å²) in [4.78, 5) is 24.1. The average molecular weight is 454 g/mol. The van der Waals surface area contributed by atoms with Gasteiger partial charge in [-0.3, -0.25) is 9.59 Å². The second-order valence-electron chi connectivity index (χ2n) is 5.86. The molecule has 0 unspecified atom stereocenters. The van der Waals surface area contributed by atoms with Gasteiger partial charge in [-0.05, 0) is 42.8 Å². The number of hydrogen-bond donors (Lipinski definition) is 2. The molecule has 7 nitrogen and oxygen atoms in total. The van der Waals surface area contributed by atoms with Crippen LogP contribution >= 0.6 is 15.9 Å². The summed E-state index contributed by atoms with van der Waals surface area (Å²) in [5.74, 6) is -0.970. The zero-order valence-electron chi connectivity index (χ0n) is 14.9. The van der Waals surface area contributed by atoms with Gasteiger partial charge in [-0.2, -0.15) is 4.31 Å². The summed E-state index contributed by atoms with van der Waals surface area (Å²) in [6.45, 7) is 1.21. The van der Waals surface area contributed by atoms with Crippen molar-refractivity contribution in [1.82, 2.24) is 9.62 Å². The number of carbonyl (C=O) groups is 2. The molecule has 0 spiro atoms. The van der Waals surface area contributed by atoms with Crippen LogP contribution in [-0.2, 0) is 19.6 Å². The molecule has 27 heavy (non-hydrogen) atoms. The first-order chi connectivity index (χ1) is 12.7. The summed E-state index contributed by atoms with van der Waals surface area (Å²) in [5.41, 5.74) is 1.51. The molecule has 0 saturated carbocycles. The van der Waals surface area contributed by atoms with Gasteiger partial charge in [0.15, 0.2) is 0 Å². The fraction of sp³-hybridized carbons (Fsp3) is 0.222. The Balaban J connectivity index is 1.87. The maximum absolute atomic E-state index is 12.4. The maximum Gasteiger partial charge on any atom is 0.243 e. The summed E-state index contributed by atoms with van der Waals surface area (Å²) in [5, 5.41) is 5.12. The summed E-state index contributed by atoms with van der Waals surface area (Å²) < 4.78 is 26.6. The number of benzene rings is 2. The summed E-state index contributed by atoms with van der Waals surface area (Å²) in [7, 11) is -2.45. The minimum Gasteiger partial charge on any atom is -0.346 e. The van der Waals surface area contributed by atoms with Crippen molar-refractivity contribution in [3.63, 3.8) is 0 Å². The zero-order valence-corrected chi connectivity index (χ0v) is 17.3. The van der Waals surface area contributed by atoms with Gasteiger partial charge in [0.25, 0.3) is 0 Å². The molecule has 0 bridgehead atoms. The van der Waals surface area contributed by atoms with Gasteiger partial charge in [-0.1, -0.05) is 34.1 Å². The van der Waals surface area contributed by atoms with Crippen LogP contribution in [0.2, 0.25) is 0 Å². The minimum atomic E-state index is -3.76. The lowest BCUT2D eigenvalue weighted by atomic mass is 10.2. The zero-order chi connectivity index (χ0) is 20.0. The lowest BCUT2D eigenvalue weighted by Crippen LogP contribution is -2.41. The van der Waals surface area contributed by atoms with Crippen molar-refractivity contribution in [3.8, 4) is 0 Å². The van der Waals surface area contributed by atoms with E-state index >= 15 is 0 Å². The summed E-state index contributed by atoms with van der Waals surface area (Å²) >= 11 is 3.34. The number of anilines is 1.